The van der Waals surface area contributed by atoms with Crippen LogP contribution in [0.5, 0.6) is 0 Å². The number of carbonyl (C=O) groups is 1. The Morgan fingerprint density at radius 2 is 1.90 bits per heavy atom. The molecule has 0 radical (unpaired) electrons. The maximum Gasteiger partial charge on any atom is 0.126 e. The van der Waals surface area contributed by atoms with Gasteiger partial charge in [0.15, 0.2) is 0 Å². The number of hydrogen-bond donors (Lipinski definition) is 0. The molecule has 0 amide bonds. The first-order valence-electron chi connectivity index (χ1n) is 3.54. The lowest BCUT2D eigenvalue weighted by Crippen LogP contribution is -2.27. The molecule has 0 aromatic heterocycles. The molecule has 0 saturated heterocycles. The lowest BCUT2D eigenvalue weighted by Gasteiger charge is -2.21. The van der Waals surface area contributed by atoms with E-state index in [1.165, 1.54) is 0 Å². The summed E-state index contributed by atoms with van der Waals surface area (Å²) in [6.45, 7) is 12.4. The number of aldehydes is 1. The smallest absolute Gasteiger partial charge is 0.126 e. The van der Waals surface area contributed by atoms with E-state index in [-0.39, 0.29) is 5.92 Å². The molecule has 0 N–H and O–H groups in total. The van der Waals surface area contributed by atoms with Crippen LogP contribution in [0.1, 0.15) is 6.92 Å². The van der Waals surface area contributed by atoms with Gasteiger partial charge in [0, 0.05) is 5.92 Å². The largest absolute Gasteiger partial charge is 0.303 e. The molecule has 0 aromatic rings. The third-order valence-corrected chi connectivity index (χ3v) is 4.10. The average Bonchev–Trinajstić information content (AvgIpc) is 1.83. The van der Waals surface area contributed by atoms with Crippen molar-refractivity contribution in [3.63, 3.8) is 0 Å². The van der Waals surface area contributed by atoms with Gasteiger partial charge in [-0.05, 0) is 0 Å². The number of allylic oxidation sites excluding steroid dienone is 1. The molecule has 0 unspecified atom stereocenters. The fourth-order valence-electron chi connectivity index (χ4n) is 0.765. The summed E-state index contributed by atoms with van der Waals surface area (Å²) in [5, 5.41) is 1.14. The van der Waals surface area contributed by atoms with Gasteiger partial charge in [-0.1, -0.05) is 31.8 Å². The highest BCUT2D eigenvalue weighted by Gasteiger charge is 2.21. The van der Waals surface area contributed by atoms with E-state index in [4.69, 9.17) is 0 Å². The zero-order chi connectivity index (χ0) is 8.36. The average molecular weight is 156 g/mol. The summed E-state index contributed by atoms with van der Waals surface area (Å²) < 4.78 is 0. The van der Waals surface area contributed by atoms with Crippen molar-refractivity contribution in [3.05, 3.63) is 11.8 Å². The molecule has 0 spiro atoms. The van der Waals surface area contributed by atoms with Gasteiger partial charge < -0.3 is 4.79 Å². The summed E-state index contributed by atoms with van der Waals surface area (Å²) in [4.78, 5) is 10.4. The summed E-state index contributed by atoms with van der Waals surface area (Å²) in [6.07, 6.45) is 0.973. The van der Waals surface area contributed by atoms with E-state index < -0.39 is 8.07 Å². The second-order valence-electron chi connectivity index (χ2n) is 3.70. The minimum atomic E-state index is -1.27. The SMILES string of the molecule is C=C([C@H](C)C=O)[Si](C)(C)C. The Labute approximate surface area is 64.1 Å². The summed E-state index contributed by atoms with van der Waals surface area (Å²) in [5.74, 6) is 0.0478. The van der Waals surface area contributed by atoms with Crippen molar-refractivity contribution in [1.82, 2.24) is 0 Å². The summed E-state index contributed by atoms with van der Waals surface area (Å²) >= 11 is 0. The van der Waals surface area contributed by atoms with Gasteiger partial charge in [0.1, 0.15) is 6.29 Å². The molecular weight excluding hydrogens is 140 g/mol. The van der Waals surface area contributed by atoms with Crippen LogP contribution >= 0.6 is 0 Å². The zero-order valence-corrected chi connectivity index (χ0v) is 8.27. The van der Waals surface area contributed by atoms with Crippen LogP contribution in [0.25, 0.3) is 0 Å². The Hall–Kier alpha value is -0.373. The topological polar surface area (TPSA) is 17.1 Å². The van der Waals surface area contributed by atoms with Crippen molar-refractivity contribution in [2.45, 2.75) is 26.6 Å². The molecule has 0 aliphatic heterocycles. The van der Waals surface area contributed by atoms with Crippen molar-refractivity contribution >= 4 is 14.4 Å². The van der Waals surface area contributed by atoms with E-state index in [1.807, 2.05) is 6.92 Å². The second kappa shape index (κ2) is 3.15. The highest BCUT2D eigenvalue weighted by Crippen LogP contribution is 2.18. The standard InChI is InChI=1S/C8H16OSi/c1-7(6-9)8(2)10(3,4)5/h6-7H,2H2,1,3-5H3/t7-/m1/s1. The van der Waals surface area contributed by atoms with E-state index in [9.17, 15) is 4.79 Å². The molecule has 0 fully saturated rings. The molecule has 58 valence electrons. The lowest BCUT2D eigenvalue weighted by atomic mass is 10.2. The molecule has 0 bridgehead atoms. The van der Waals surface area contributed by atoms with Crippen LogP contribution in [0.15, 0.2) is 11.8 Å². The first kappa shape index (κ1) is 9.63. The second-order valence-corrected chi connectivity index (χ2v) is 8.84. The van der Waals surface area contributed by atoms with Crippen LogP contribution in [0, 0.1) is 5.92 Å². The van der Waals surface area contributed by atoms with Crippen LogP contribution < -0.4 is 0 Å². The van der Waals surface area contributed by atoms with Crippen molar-refractivity contribution in [2.75, 3.05) is 0 Å². The van der Waals surface area contributed by atoms with Crippen molar-refractivity contribution in [2.24, 2.45) is 5.92 Å². The van der Waals surface area contributed by atoms with Gasteiger partial charge in [-0.15, -0.1) is 6.58 Å². The van der Waals surface area contributed by atoms with Crippen LogP contribution in [0.2, 0.25) is 19.6 Å². The Morgan fingerprint density at radius 1 is 1.50 bits per heavy atom. The lowest BCUT2D eigenvalue weighted by molar-refractivity contribution is -0.109. The van der Waals surface area contributed by atoms with Gasteiger partial charge in [0.2, 0.25) is 0 Å². The Bertz CT molecular complexity index is 144. The molecule has 0 rings (SSSR count). The first-order chi connectivity index (χ1) is 4.39. The van der Waals surface area contributed by atoms with Crippen molar-refractivity contribution in [1.29, 1.82) is 0 Å². The Kier molecular flexibility index (Phi) is 3.03. The summed E-state index contributed by atoms with van der Waals surface area (Å²) in [5.41, 5.74) is 0. The molecule has 0 aromatic carbocycles. The molecule has 10 heavy (non-hydrogen) atoms. The van der Waals surface area contributed by atoms with Crippen molar-refractivity contribution < 1.29 is 4.79 Å². The first-order valence-corrected chi connectivity index (χ1v) is 7.04. The third kappa shape index (κ3) is 2.48. The minimum absolute atomic E-state index is 0.0478. The van der Waals surface area contributed by atoms with Gasteiger partial charge >= 0.3 is 0 Å². The molecule has 0 aliphatic carbocycles. The van der Waals surface area contributed by atoms with E-state index in [0.717, 1.165) is 11.5 Å². The third-order valence-electron chi connectivity index (χ3n) is 1.72. The number of carbonyl (C=O) groups excluding carboxylic acids is 1. The number of rotatable bonds is 3. The fraction of sp³-hybridized carbons (Fsp3) is 0.625. The van der Waals surface area contributed by atoms with E-state index >= 15 is 0 Å². The predicted octanol–water partition coefficient (Wildman–Crippen LogP) is 2.25. The highest BCUT2D eigenvalue weighted by atomic mass is 28.3. The summed E-state index contributed by atoms with van der Waals surface area (Å²) in [6, 6.07) is 0. The van der Waals surface area contributed by atoms with Gasteiger partial charge in [-0.2, -0.15) is 0 Å². The maximum atomic E-state index is 10.4. The van der Waals surface area contributed by atoms with Gasteiger partial charge in [-0.3, -0.25) is 0 Å². The Morgan fingerprint density at radius 3 is 2.00 bits per heavy atom. The van der Waals surface area contributed by atoms with Gasteiger partial charge in [-0.25, -0.2) is 0 Å². The molecule has 0 aliphatic rings. The maximum absolute atomic E-state index is 10.4. The van der Waals surface area contributed by atoms with Crippen molar-refractivity contribution in [3.8, 4) is 0 Å². The normalized spacial score (nSPS) is 14.4. The van der Waals surface area contributed by atoms with Crippen LogP contribution in [0.4, 0.5) is 0 Å². The predicted molar refractivity (Wildman–Crippen MR) is 47.7 cm³/mol. The number of hydrogen-bond acceptors (Lipinski definition) is 1. The van der Waals surface area contributed by atoms with Crippen LogP contribution in [-0.2, 0) is 4.79 Å². The van der Waals surface area contributed by atoms with E-state index in [2.05, 4.69) is 26.2 Å². The highest BCUT2D eigenvalue weighted by molar-refractivity contribution is 6.83. The molecule has 0 heterocycles. The quantitative estimate of drug-likeness (QED) is 0.452. The summed E-state index contributed by atoms with van der Waals surface area (Å²) in [7, 11) is -1.27. The van der Waals surface area contributed by atoms with Crippen LogP contribution in [-0.4, -0.2) is 14.4 Å². The van der Waals surface area contributed by atoms with Gasteiger partial charge in [0.25, 0.3) is 0 Å². The Balaban J connectivity index is 4.22. The fourth-order valence-corrected chi connectivity index (χ4v) is 2.20. The van der Waals surface area contributed by atoms with Gasteiger partial charge in [0.05, 0.1) is 8.07 Å². The van der Waals surface area contributed by atoms with Crippen LogP contribution in [0.3, 0.4) is 0 Å². The molecular formula is C8H16OSi. The van der Waals surface area contributed by atoms with E-state index in [0.29, 0.717) is 0 Å². The molecule has 1 atom stereocenters. The monoisotopic (exact) mass is 156 g/mol. The van der Waals surface area contributed by atoms with E-state index in [1.54, 1.807) is 0 Å². The zero-order valence-electron chi connectivity index (χ0n) is 7.27. The molecule has 0 saturated carbocycles. The molecule has 2 heteroatoms. The molecule has 1 nitrogen and oxygen atoms in total. The minimum Gasteiger partial charge on any atom is -0.303 e.